The Morgan fingerprint density at radius 2 is 2.00 bits per heavy atom. The van der Waals surface area contributed by atoms with E-state index < -0.39 is 0 Å². The molecule has 1 aromatic rings. The molecule has 0 N–H and O–H groups in total. The van der Waals surface area contributed by atoms with Crippen molar-refractivity contribution >= 4 is 27.3 Å². The molecule has 0 bridgehead atoms. The summed E-state index contributed by atoms with van der Waals surface area (Å²) in [4.78, 5) is 3.85. The maximum absolute atomic E-state index is 3.85. The first kappa shape index (κ1) is 5.82. The fourth-order valence-corrected chi connectivity index (χ4v) is 0.741. The monoisotopic (exact) mass is 168 g/mol. The van der Waals surface area contributed by atoms with Gasteiger partial charge in [-0.15, -0.1) is 0 Å². The minimum atomic E-state index is 1.14. The molecule has 0 fully saturated rings. The number of halogens is 1. The number of rotatable bonds is 1. The Balaban J connectivity index is 2.83. The zero-order valence-electron chi connectivity index (χ0n) is 4.21. The van der Waals surface area contributed by atoms with Crippen LogP contribution in [0.25, 0.3) is 0 Å². The van der Waals surface area contributed by atoms with Crippen molar-refractivity contribution in [3.05, 3.63) is 24.5 Å². The van der Waals surface area contributed by atoms with Crippen LogP contribution in [0.5, 0.6) is 0 Å². The van der Waals surface area contributed by atoms with E-state index in [0.29, 0.717) is 0 Å². The smallest absolute Gasteiger partial charge is 0.243 e. The van der Waals surface area contributed by atoms with Gasteiger partial charge in [0.25, 0.3) is 0 Å². The van der Waals surface area contributed by atoms with Crippen LogP contribution in [0.3, 0.4) is 0 Å². The molecule has 1 nitrogen and oxygen atoms in total. The quantitative estimate of drug-likeness (QED) is 0.564. The molecule has 0 aliphatic heterocycles. The molecule has 0 atom stereocenters. The summed E-state index contributed by atoms with van der Waals surface area (Å²) in [5, 5.41) is 0. The number of hydrogen-bond donors (Lipinski definition) is 0. The van der Waals surface area contributed by atoms with E-state index in [-0.39, 0.29) is 0 Å². The maximum Gasteiger partial charge on any atom is 0.243 e. The molecule has 0 aromatic carbocycles. The molecule has 0 aliphatic carbocycles. The van der Waals surface area contributed by atoms with Gasteiger partial charge in [0.2, 0.25) is 6.10 Å². The molecule has 8 heavy (non-hydrogen) atoms. The van der Waals surface area contributed by atoms with Crippen LogP contribution in [-0.4, -0.2) is 11.1 Å². The highest BCUT2D eigenvalue weighted by Crippen LogP contribution is 1.78. The van der Waals surface area contributed by atoms with Gasteiger partial charge < -0.3 is 0 Å². The summed E-state index contributed by atoms with van der Waals surface area (Å²) in [6, 6.07) is 3.85. The zero-order valence-corrected chi connectivity index (χ0v) is 5.80. The Morgan fingerprint density at radius 1 is 1.38 bits per heavy atom. The number of pyridine rings is 1. The second-order valence-electron chi connectivity index (χ2n) is 1.39. The molecule has 1 aromatic heterocycles. The van der Waals surface area contributed by atoms with Crippen molar-refractivity contribution in [2.75, 3.05) is 0 Å². The average molecular weight is 169 g/mol. The van der Waals surface area contributed by atoms with Crippen LogP contribution in [0.2, 0.25) is 0 Å². The molecule has 0 saturated carbocycles. The summed E-state index contributed by atoms with van der Waals surface area (Å²) in [5.74, 6) is 0. The maximum atomic E-state index is 3.85. The Bertz CT molecular complexity index is 154. The van der Waals surface area contributed by atoms with Gasteiger partial charge in [-0.1, -0.05) is 5.46 Å². The van der Waals surface area contributed by atoms with E-state index in [1.807, 2.05) is 18.2 Å². The number of hydrogen-bond acceptors (Lipinski definition) is 1. The van der Waals surface area contributed by atoms with Gasteiger partial charge in [-0.05, 0) is 12.1 Å². The van der Waals surface area contributed by atoms with Gasteiger partial charge in [0.05, 0.1) is 0 Å². The fourth-order valence-electron chi connectivity index (χ4n) is 0.436. The summed E-state index contributed by atoms with van der Waals surface area (Å²) in [6.07, 6.45) is 5.37. The Morgan fingerprint density at radius 3 is 2.38 bits per heavy atom. The molecule has 1 heterocycles. The third-order valence-corrected chi connectivity index (χ3v) is 1.36. The van der Waals surface area contributed by atoms with Crippen molar-refractivity contribution in [3.8, 4) is 0 Å². The van der Waals surface area contributed by atoms with E-state index in [9.17, 15) is 0 Å². The van der Waals surface area contributed by atoms with Crippen LogP contribution in [0.4, 0.5) is 0 Å². The van der Waals surface area contributed by atoms with Gasteiger partial charge in [-0.25, -0.2) is 0 Å². The molecule has 0 saturated heterocycles. The predicted octanol–water partition coefficient (Wildman–Crippen LogP) is 0.721. The predicted molar refractivity (Wildman–Crippen MR) is 38.6 cm³/mol. The molecule has 1 radical (unpaired) electrons. The van der Waals surface area contributed by atoms with Gasteiger partial charge in [0, 0.05) is 12.4 Å². The second-order valence-corrected chi connectivity index (χ2v) is 1.85. The summed E-state index contributed by atoms with van der Waals surface area (Å²) < 4.78 is 0. The minimum Gasteiger partial charge on any atom is -0.265 e. The van der Waals surface area contributed by atoms with Gasteiger partial charge in [-0.3, -0.25) is 4.98 Å². The van der Waals surface area contributed by atoms with Crippen LogP contribution in [0, 0.1) is 0 Å². The first-order valence-corrected chi connectivity index (χ1v) is 3.18. The van der Waals surface area contributed by atoms with Gasteiger partial charge >= 0.3 is 0 Å². The number of nitrogens with zero attached hydrogens (tertiary/aromatic N) is 1. The van der Waals surface area contributed by atoms with Crippen molar-refractivity contribution in [2.45, 2.75) is 0 Å². The topological polar surface area (TPSA) is 12.9 Å². The van der Waals surface area contributed by atoms with Crippen molar-refractivity contribution in [1.82, 2.24) is 4.98 Å². The molecule has 39 valence electrons. The molecule has 0 aliphatic rings. The highest BCUT2D eigenvalue weighted by atomic mass is 79.9. The summed E-state index contributed by atoms with van der Waals surface area (Å²) in [5.41, 5.74) is 1.14. The lowest BCUT2D eigenvalue weighted by atomic mass is 9.98. The Labute approximate surface area is 57.3 Å². The lowest BCUT2D eigenvalue weighted by Crippen LogP contribution is -2.06. The lowest BCUT2D eigenvalue weighted by Gasteiger charge is -1.86. The molecule has 0 spiro atoms. The largest absolute Gasteiger partial charge is 0.265 e. The highest BCUT2D eigenvalue weighted by Gasteiger charge is 1.85. The lowest BCUT2D eigenvalue weighted by molar-refractivity contribution is 1.34. The van der Waals surface area contributed by atoms with E-state index in [2.05, 4.69) is 20.7 Å². The third-order valence-electron chi connectivity index (χ3n) is 0.832. The average Bonchev–Trinajstić information content (AvgIpc) is 1.90. The summed E-state index contributed by atoms with van der Waals surface area (Å²) in [6.45, 7) is 0. The van der Waals surface area contributed by atoms with Crippen LogP contribution in [-0.2, 0) is 0 Å². The van der Waals surface area contributed by atoms with Gasteiger partial charge in [0.15, 0.2) is 0 Å². The van der Waals surface area contributed by atoms with E-state index in [4.69, 9.17) is 0 Å². The van der Waals surface area contributed by atoms with E-state index in [1.54, 1.807) is 12.4 Å². The van der Waals surface area contributed by atoms with Crippen LogP contribution in [0.15, 0.2) is 24.5 Å². The Kier molecular flexibility index (Phi) is 2.09. The van der Waals surface area contributed by atoms with Crippen LogP contribution < -0.4 is 5.46 Å². The highest BCUT2D eigenvalue weighted by molar-refractivity contribution is 9.23. The third kappa shape index (κ3) is 1.34. The normalized spacial score (nSPS) is 8.62. The second kappa shape index (κ2) is 2.87. The number of aromatic nitrogens is 1. The van der Waals surface area contributed by atoms with Gasteiger partial charge in [-0.2, -0.15) is 15.8 Å². The van der Waals surface area contributed by atoms with E-state index in [0.717, 1.165) is 5.46 Å². The van der Waals surface area contributed by atoms with E-state index in [1.165, 1.54) is 0 Å². The SMILES string of the molecule is Br[B]c1ccncc1. The Hall–Kier alpha value is -0.305. The van der Waals surface area contributed by atoms with Crippen LogP contribution in [0.1, 0.15) is 0 Å². The summed E-state index contributed by atoms with van der Waals surface area (Å²) >= 11 is 3.20. The van der Waals surface area contributed by atoms with Crippen molar-refractivity contribution < 1.29 is 0 Å². The fraction of sp³-hybridized carbons (Fsp3) is 0. The van der Waals surface area contributed by atoms with E-state index >= 15 is 0 Å². The van der Waals surface area contributed by atoms with Crippen molar-refractivity contribution in [1.29, 1.82) is 0 Å². The standard InChI is InChI=1S/C5H4BBrN/c7-6-5-1-3-8-4-2-5/h1-4H. The van der Waals surface area contributed by atoms with Crippen molar-refractivity contribution in [3.63, 3.8) is 0 Å². The van der Waals surface area contributed by atoms with Crippen LogP contribution >= 0.6 is 15.8 Å². The minimum absolute atomic E-state index is 1.14. The zero-order chi connectivity index (χ0) is 5.82. The molecular formula is C5H4BBrN. The molecular weight excluding hydrogens is 165 g/mol. The van der Waals surface area contributed by atoms with Gasteiger partial charge in [0.1, 0.15) is 0 Å². The molecule has 0 unspecified atom stereocenters. The first-order chi connectivity index (χ1) is 3.93. The molecule has 1 rings (SSSR count). The first-order valence-electron chi connectivity index (χ1n) is 2.27. The van der Waals surface area contributed by atoms with Crippen molar-refractivity contribution in [2.24, 2.45) is 0 Å². The molecule has 0 amide bonds. The summed E-state index contributed by atoms with van der Waals surface area (Å²) in [7, 11) is 0. The molecule has 3 heteroatoms.